The molecule has 0 radical (unpaired) electrons. The number of pyridine rings is 1. The summed E-state index contributed by atoms with van der Waals surface area (Å²) in [6, 6.07) is 1.75. The van der Waals surface area contributed by atoms with Gasteiger partial charge in [-0.05, 0) is 18.9 Å². The predicted molar refractivity (Wildman–Crippen MR) is 62.7 cm³/mol. The van der Waals surface area contributed by atoms with Crippen molar-refractivity contribution in [3.63, 3.8) is 0 Å². The molecule has 4 heteroatoms. The Bertz CT molecular complexity index is 414. The molecule has 0 spiro atoms. The highest BCUT2D eigenvalue weighted by Crippen LogP contribution is 2.19. The van der Waals surface area contributed by atoms with Crippen LogP contribution in [-0.2, 0) is 17.6 Å². The molecule has 0 fully saturated rings. The number of aldehydes is 1. The standard InChI is InChI=1S/C12H16N2O2/c1-4-9-6-12(13-8(3)16)10(7-15)11(5-2)14-9/h6-7H,4-5H2,1-3H3,(H,13,14,16). The van der Waals surface area contributed by atoms with Gasteiger partial charge in [-0.1, -0.05) is 13.8 Å². The van der Waals surface area contributed by atoms with Crippen molar-refractivity contribution in [1.29, 1.82) is 0 Å². The zero-order valence-corrected chi connectivity index (χ0v) is 9.83. The molecule has 4 nitrogen and oxygen atoms in total. The highest BCUT2D eigenvalue weighted by Gasteiger charge is 2.11. The third-order valence-corrected chi connectivity index (χ3v) is 2.32. The van der Waals surface area contributed by atoms with Gasteiger partial charge in [-0.3, -0.25) is 14.6 Å². The van der Waals surface area contributed by atoms with Crippen molar-refractivity contribution in [3.05, 3.63) is 23.0 Å². The van der Waals surface area contributed by atoms with Crippen molar-refractivity contribution in [2.75, 3.05) is 5.32 Å². The highest BCUT2D eigenvalue weighted by atomic mass is 16.1. The largest absolute Gasteiger partial charge is 0.326 e. The second-order valence-corrected chi connectivity index (χ2v) is 3.53. The minimum Gasteiger partial charge on any atom is -0.326 e. The van der Waals surface area contributed by atoms with E-state index in [1.54, 1.807) is 6.07 Å². The first kappa shape index (κ1) is 12.4. The highest BCUT2D eigenvalue weighted by molar-refractivity contribution is 5.95. The van der Waals surface area contributed by atoms with Gasteiger partial charge in [0.1, 0.15) is 0 Å². The van der Waals surface area contributed by atoms with E-state index >= 15 is 0 Å². The Morgan fingerprint density at radius 1 is 1.44 bits per heavy atom. The summed E-state index contributed by atoms with van der Waals surface area (Å²) in [5.41, 5.74) is 2.66. The lowest BCUT2D eigenvalue weighted by atomic mass is 10.1. The Labute approximate surface area is 95.1 Å². The fraction of sp³-hybridized carbons (Fsp3) is 0.417. The minimum atomic E-state index is -0.182. The number of carbonyl (C=O) groups is 2. The van der Waals surface area contributed by atoms with E-state index < -0.39 is 0 Å². The monoisotopic (exact) mass is 220 g/mol. The topological polar surface area (TPSA) is 59.1 Å². The molecular formula is C12H16N2O2. The molecule has 0 saturated carbocycles. The second-order valence-electron chi connectivity index (χ2n) is 3.53. The number of hydrogen-bond acceptors (Lipinski definition) is 3. The van der Waals surface area contributed by atoms with Crippen LogP contribution in [-0.4, -0.2) is 17.2 Å². The van der Waals surface area contributed by atoms with Crippen LogP contribution < -0.4 is 5.32 Å². The van der Waals surface area contributed by atoms with E-state index in [0.717, 1.165) is 24.1 Å². The number of nitrogens with zero attached hydrogens (tertiary/aromatic N) is 1. The quantitative estimate of drug-likeness (QED) is 0.789. The Kier molecular flexibility index (Phi) is 4.17. The average Bonchev–Trinajstić information content (AvgIpc) is 2.27. The Hall–Kier alpha value is -1.71. The molecule has 1 aromatic heterocycles. The first-order chi connectivity index (χ1) is 7.62. The average molecular weight is 220 g/mol. The third kappa shape index (κ3) is 2.66. The summed E-state index contributed by atoms with van der Waals surface area (Å²) in [5.74, 6) is -0.182. The van der Waals surface area contributed by atoms with Crippen LogP contribution >= 0.6 is 0 Å². The molecule has 1 aromatic rings. The van der Waals surface area contributed by atoms with E-state index in [1.165, 1.54) is 6.92 Å². The van der Waals surface area contributed by atoms with Crippen LogP contribution in [0.1, 0.15) is 42.5 Å². The molecular weight excluding hydrogens is 204 g/mol. The van der Waals surface area contributed by atoms with Gasteiger partial charge in [0, 0.05) is 12.6 Å². The molecule has 16 heavy (non-hydrogen) atoms. The van der Waals surface area contributed by atoms with Crippen LogP contribution in [0.4, 0.5) is 5.69 Å². The number of aromatic nitrogens is 1. The number of aryl methyl sites for hydroxylation is 2. The lowest BCUT2D eigenvalue weighted by molar-refractivity contribution is -0.114. The normalized spacial score (nSPS) is 9.94. The number of rotatable bonds is 4. The van der Waals surface area contributed by atoms with Crippen molar-refractivity contribution in [1.82, 2.24) is 4.98 Å². The van der Waals surface area contributed by atoms with E-state index in [2.05, 4.69) is 10.3 Å². The van der Waals surface area contributed by atoms with E-state index in [4.69, 9.17) is 0 Å². The Morgan fingerprint density at radius 3 is 2.56 bits per heavy atom. The van der Waals surface area contributed by atoms with Gasteiger partial charge in [0.2, 0.25) is 5.91 Å². The molecule has 1 N–H and O–H groups in total. The summed E-state index contributed by atoms with van der Waals surface area (Å²) in [4.78, 5) is 26.4. The van der Waals surface area contributed by atoms with E-state index in [-0.39, 0.29) is 5.91 Å². The summed E-state index contributed by atoms with van der Waals surface area (Å²) in [6.07, 6.45) is 2.20. The number of amides is 1. The molecule has 0 atom stereocenters. The van der Waals surface area contributed by atoms with Crippen LogP contribution in [0.15, 0.2) is 6.07 Å². The molecule has 1 heterocycles. The summed E-state index contributed by atoms with van der Waals surface area (Å²) in [7, 11) is 0. The Balaban J connectivity index is 3.30. The summed E-state index contributed by atoms with van der Waals surface area (Å²) >= 11 is 0. The summed E-state index contributed by atoms with van der Waals surface area (Å²) in [6.45, 7) is 5.35. The van der Waals surface area contributed by atoms with E-state index in [0.29, 0.717) is 17.7 Å². The van der Waals surface area contributed by atoms with Gasteiger partial charge in [-0.15, -0.1) is 0 Å². The fourth-order valence-corrected chi connectivity index (χ4v) is 1.54. The summed E-state index contributed by atoms with van der Waals surface area (Å²) in [5, 5.41) is 2.66. The van der Waals surface area contributed by atoms with Crippen LogP contribution in [0.2, 0.25) is 0 Å². The second kappa shape index (κ2) is 5.39. The van der Waals surface area contributed by atoms with Crippen molar-refractivity contribution in [2.24, 2.45) is 0 Å². The first-order valence-electron chi connectivity index (χ1n) is 5.37. The van der Waals surface area contributed by atoms with Crippen molar-refractivity contribution in [3.8, 4) is 0 Å². The zero-order valence-electron chi connectivity index (χ0n) is 9.83. The lowest BCUT2D eigenvalue weighted by Gasteiger charge is -2.11. The van der Waals surface area contributed by atoms with E-state index in [1.807, 2.05) is 13.8 Å². The smallest absolute Gasteiger partial charge is 0.221 e. The number of nitrogens with one attached hydrogen (secondary N) is 1. The molecule has 0 aromatic carbocycles. The fourth-order valence-electron chi connectivity index (χ4n) is 1.54. The molecule has 0 unspecified atom stereocenters. The maximum Gasteiger partial charge on any atom is 0.221 e. The van der Waals surface area contributed by atoms with Gasteiger partial charge in [-0.25, -0.2) is 0 Å². The van der Waals surface area contributed by atoms with Gasteiger partial charge >= 0.3 is 0 Å². The molecule has 0 saturated heterocycles. The third-order valence-electron chi connectivity index (χ3n) is 2.32. The Morgan fingerprint density at radius 2 is 2.12 bits per heavy atom. The SMILES string of the molecule is CCc1cc(NC(C)=O)c(C=O)c(CC)n1. The van der Waals surface area contributed by atoms with Gasteiger partial charge in [-0.2, -0.15) is 0 Å². The van der Waals surface area contributed by atoms with Gasteiger partial charge in [0.15, 0.2) is 6.29 Å². The lowest BCUT2D eigenvalue weighted by Crippen LogP contribution is -2.11. The maximum atomic E-state index is 11.0. The number of anilines is 1. The van der Waals surface area contributed by atoms with Crippen LogP contribution in [0.5, 0.6) is 0 Å². The molecule has 0 aliphatic carbocycles. The summed E-state index contributed by atoms with van der Waals surface area (Å²) < 4.78 is 0. The van der Waals surface area contributed by atoms with Crippen molar-refractivity contribution < 1.29 is 9.59 Å². The van der Waals surface area contributed by atoms with Crippen molar-refractivity contribution >= 4 is 17.9 Å². The number of carbonyl (C=O) groups excluding carboxylic acids is 2. The number of hydrogen-bond donors (Lipinski definition) is 1. The minimum absolute atomic E-state index is 0.182. The molecule has 0 aliphatic heterocycles. The van der Waals surface area contributed by atoms with Crippen LogP contribution in [0, 0.1) is 0 Å². The molecule has 86 valence electrons. The van der Waals surface area contributed by atoms with Crippen LogP contribution in [0.3, 0.4) is 0 Å². The molecule has 0 bridgehead atoms. The van der Waals surface area contributed by atoms with Crippen molar-refractivity contribution in [2.45, 2.75) is 33.6 Å². The molecule has 0 aliphatic rings. The predicted octanol–water partition coefficient (Wildman–Crippen LogP) is 1.98. The van der Waals surface area contributed by atoms with Gasteiger partial charge in [0.25, 0.3) is 0 Å². The first-order valence-corrected chi connectivity index (χ1v) is 5.37. The van der Waals surface area contributed by atoms with Gasteiger partial charge < -0.3 is 5.32 Å². The zero-order chi connectivity index (χ0) is 12.1. The maximum absolute atomic E-state index is 11.0. The van der Waals surface area contributed by atoms with E-state index in [9.17, 15) is 9.59 Å². The molecule has 1 rings (SSSR count). The molecule has 1 amide bonds. The van der Waals surface area contributed by atoms with Gasteiger partial charge in [0.05, 0.1) is 16.9 Å². The van der Waals surface area contributed by atoms with Crippen LogP contribution in [0.25, 0.3) is 0 Å².